The summed E-state index contributed by atoms with van der Waals surface area (Å²) in [5.74, 6) is -2.86. The van der Waals surface area contributed by atoms with Crippen LogP contribution in [-0.4, -0.2) is 41.9 Å². The molecular weight excluding hydrogens is 502 g/mol. The lowest BCUT2D eigenvalue weighted by molar-refractivity contribution is -0.151. The van der Waals surface area contributed by atoms with E-state index in [2.05, 4.69) is 26.7 Å². The van der Waals surface area contributed by atoms with Gasteiger partial charge in [-0.3, -0.25) is 29.6 Å². The second-order valence-electron chi connectivity index (χ2n) is 7.40. The molecule has 168 valence electrons. The SMILES string of the molecule is Cc1ccc(C(=O)NN2C[C@@H](C(=O)OCC(=O)Nc3ccc(Br)c(Cl)c3C)CC2=O)cc1. The normalized spacial score (nSPS) is 15.4. The first kappa shape index (κ1) is 23.7. The minimum atomic E-state index is -0.780. The van der Waals surface area contributed by atoms with Crippen molar-refractivity contribution in [3.63, 3.8) is 0 Å². The minimum Gasteiger partial charge on any atom is -0.455 e. The summed E-state index contributed by atoms with van der Waals surface area (Å²) < 4.78 is 5.77. The minimum absolute atomic E-state index is 0.0294. The Morgan fingerprint density at radius 1 is 1.16 bits per heavy atom. The Labute approximate surface area is 198 Å². The highest BCUT2D eigenvalue weighted by molar-refractivity contribution is 9.10. The van der Waals surface area contributed by atoms with E-state index in [1.165, 1.54) is 0 Å². The lowest BCUT2D eigenvalue weighted by Gasteiger charge is -2.17. The molecule has 0 bridgehead atoms. The molecule has 0 unspecified atom stereocenters. The van der Waals surface area contributed by atoms with Crippen LogP contribution in [0, 0.1) is 19.8 Å². The number of nitrogens with one attached hydrogen (secondary N) is 2. The summed E-state index contributed by atoms with van der Waals surface area (Å²) in [4.78, 5) is 49.0. The molecule has 1 aliphatic rings. The summed E-state index contributed by atoms with van der Waals surface area (Å²) in [7, 11) is 0. The van der Waals surface area contributed by atoms with Gasteiger partial charge in [-0.2, -0.15) is 0 Å². The summed E-state index contributed by atoms with van der Waals surface area (Å²) in [6, 6.07) is 10.2. The van der Waals surface area contributed by atoms with E-state index in [-0.39, 0.29) is 13.0 Å². The van der Waals surface area contributed by atoms with Crippen molar-refractivity contribution in [2.45, 2.75) is 20.3 Å². The number of benzene rings is 2. The number of aryl methyl sites for hydroxylation is 1. The maximum atomic E-state index is 12.3. The number of amides is 3. The molecule has 0 saturated carbocycles. The van der Waals surface area contributed by atoms with Crippen LogP contribution in [0.5, 0.6) is 0 Å². The molecule has 1 atom stereocenters. The molecule has 1 saturated heterocycles. The smallest absolute Gasteiger partial charge is 0.311 e. The fourth-order valence-electron chi connectivity index (χ4n) is 3.09. The highest BCUT2D eigenvalue weighted by Crippen LogP contribution is 2.31. The van der Waals surface area contributed by atoms with Crippen LogP contribution < -0.4 is 10.7 Å². The number of hydrogen-bond donors (Lipinski definition) is 2. The van der Waals surface area contributed by atoms with Crippen LogP contribution in [0.4, 0.5) is 5.69 Å². The molecule has 0 spiro atoms. The number of hydrazine groups is 1. The lowest BCUT2D eigenvalue weighted by Crippen LogP contribution is -2.43. The van der Waals surface area contributed by atoms with Crippen LogP contribution in [0.1, 0.15) is 27.9 Å². The predicted molar refractivity (Wildman–Crippen MR) is 122 cm³/mol. The quantitative estimate of drug-likeness (QED) is 0.566. The molecule has 2 aromatic carbocycles. The second-order valence-corrected chi connectivity index (χ2v) is 8.63. The van der Waals surface area contributed by atoms with E-state index in [0.717, 1.165) is 10.6 Å². The molecule has 3 rings (SSSR count). The van der Waals surface area contributed by atoms with Gasteiger partial charge >= 0.3 is 5.97 Å². The predicted octanol–water partition coefficient (Wildman–Crippen LogP) is 3.39. The van der Waals surface area contributed by atoms with Gasteiger partial charge in [0.2, 0.25) is 5.91 Å². The summed E-state index contributed by atoms with van der Waals surface area (Å²) >= 11 is 9.44. The summed E-state index contributed by atoms with van der Waals surface area (Å²) in [6.07, 6.45) is -0.115. The number of nitrogens with zero attached hydrogens (tertiary/aromatic N) is 1. The average Bonchev–Trinajstić information content (AvgIpc) is 3.13. The van der Waals surface area contributed by atoms with E-state index in [0.29, 0.717) is 26.3 Å². The van der Waals surface area contributed by atoms with Gasteiger partial charge in [-0.05, 0) is 59.6 Å². The van der Waals surface area contributed by atoms with E-state index < -0.39 is 36.2 Å². The number of hydrogen-bond acceptors (Lipinski definition) is 5. The van der Waals surface area contributed by atoms with E-state index >= 15 is 0 Å². The van der Waals surface area contributed by atoms with Crippen molar-refractivity contribution in [2.24, 2.45) is 5.92 Å². The molecule has 10 heteroatoms. The van der Waals surface area contributed by atoms with Crippen molar-refractivity contribution >= 4 is 56.9 Å². The highest BCUT2D eigenvalue weighted by atomic mass is 79.9. The molecule has 1 fully saturated rings. The van der Waals surface area contributed by atoms with Crippen molar-refractivity contribution < 1.29 is 23.9 Å². The van der Waals surface area contributed by atoms with Crippen LogP contribution in [0.25, 0.3) is 0 Å². The van der Waals surface area contributed by atoms with E-state index in [4.69, 9.17) is 16.3 Å². The first-order valence-corrected chi connectivity index (χ1v) is 10.9. The van der Waals surface area contributed by atoms with Gasteiger partial charge in [0.25, 0.3) is 11.8 Å². The van der Waals surface area contributed by atoms with Gasteiger partial charge in [-0.1, -0.05) is 29.3 Å². The molecule has 3 amide bonds. The van der Waals surface area contributed by atoms with Gasteiger partial charge in [-0.25, -0.2) is 0 Å². The van der Waals surface area contributed by atoms with Crippen molar-refractivity contribution in [3.05, 3.63) is 62.6 Å². The summed E-state index contributed by atoms with van der Waals surface area (Å²) in [5, 5.41) is 4.20. The highest BCUT2D eigenvalue weighted by Gasteiger charge is 2.36. The summed E-state index contributed by atoms with van der Waals surface area (Å²) in [6.45, 7) is 3.11. The Bertz CT molecular complexity index is 1070. The van der Waals surface area contributed by atoms with E-state index in [9.17, 15) is 19.2 Å². The zero-order valence-electron chi connectivity index (χ0n) is 17.4. The first-order valence-electron chi connectivity index (χ1n) is 9.75. The number of carbonyl (C=O) groups is 4. The first-order chi connectivity index (χ1) is 15.2. The molecule has 32 heavy (non-hydrogen) atoms. The fourth-order valence-corrected chi connectivity index (χ4v) is 3.69. The molecule has 1 heterocycles. The van der Waals surface area contributed by atoms with Gasteiger partial charge < -0.3 is 10.1 Å². The Balaban J connectivity index is 1.50. The topological polar surface area (TPSA) is 105 Å². The number of carbonyl (C=O) groups excluding carboxylic acids is 4. The van der Waals surface area contributed by atoms with Crippen molar-refractivity contribution in [2.75, 3.05) is 18.5 Å². The molecule has 2 N–H and O–H groups in total. The molecule has 0 radical (unpaired) electrons. The third-order valence-electron chi connectivity index (χ3n) is 4.97. The number of esters is 1. The maximum Gasteiger partial charge on any atom is 0.311 e. The molecule has 2 aromatic rings. The molecule has 0 aromatic heterocycles. The maximum absolute atomic E-state index is 12.3. The van der Waals surface area contributed by atoms with Crippen molar-refractivity contribution in [1.82, 2.24) is 10.4 Å². The summed E-state index contributed by atoms with van der Waals surface area (Å²) in [5.41, 5.74) is 5.07. The van der Waals surface area contributed by atoms with Gasteiger partial charge in [-0.15, -0.1) is 0 Å². The molecular formula is C22H21BrClN3O5. The van der Waals surface area contributed by atoms with Crippen molar-refractivity contribution in [1.29, 1.82) is 0 Å². The van der Waals surface area contributed by atoms with Gasteiger partial charge in [0.1, 0.15) is 0 Å². The Kier molecular flexibility index (Phi) is 7.52. The lowest BCUT2D eigenvalue weighted by atomic mass is 10.1. The Hall–Kier alpha value is -2.91. The van der Waals surface area contributed by atoms with Crippen LogP contribution >= 0.6 is 27.5 Å². The van der Waals surface area contributed by atoms with E-state index in [1.54, 1.807) is 43.3 Å². The van der Waals surface area contributed by atoms with Gasteiger partial charge in [0, 0.05) is 22.1 Å². The zero-order chi connectivity index (χ0) is 23.4. The van der Waals surface area contributed by atoms with Gasteiger partial charge in [0.15, 0.2) is 6.61 Å². The third-order valence-corrected chi connectivity index (χ3v) is 6.34. The third kappa shape index (κ3) is 5.66. The number of rotatable bonds is 6. The van der Waals surface area contributed by atoms with Gasteiger partial charge in [0.05, 0.1) is 17.5 Å². The van der Waals surface area contributed by atoms with E-state index in [1.807, 2.05) is 6.92 Å². The van der Waals surface area contributed by atoms with Crippen LogP contribution in [0.2, 0.25) is 5.02 Å². The molecule has 0 aliphatic carbocycles. The monoisotopic (exact) mass is 521 g/mol. The van der Waals surface area contributed by atoms with Crippen molar-refractivity contribution in [3.8, 4) is 0 Å². The number of ether oxygens (including phenoxy) is 1. The van der Waals surface area contributed by atoms with Crippen LogP contribution in [-0.2, 0) is 19.1 Å². The standard InChI is InChI=1S/C22H21BrClN3O5/c1-12-3-5-14(6-4-12)21(30)26-27-10-15(9-19(27)29)22(31)32-11-18(28)25-17-8-7-16(23)20(24)13(17)2/h3-8,15H,9-11H2,1-2H3,(H,25,28)(H,26,30)/t15-/m0/s1. The number of anilines is 1. The fraction of sp³-hybridized carbons (Fsp3) is 0.273. The molecule has 1 aliphatic heterocycles. The van der Waals surface area contributed by atoms with Crippen LogP contribution in [0.15, 0.2) is 40.9 Å². The average molecular weight is 523 g/mol. The second kappa shape index (κ2) is 10.1. The zero-order valence-corrected chi connectivity index (χ0v) is 19.7. The largest absolute Gasteiger partial charge is 0.455 e. The van der Waals surface area contributed by atoms with Crippen LogP contribution in [0.3, 0.4) is 0 Å². The molecule has 8 nitrogen and oxygen atoms in total. The number of halogens is 2. The Morgan fingerprint density at radius 2 is 1.84 bits per heavy atom. The Morgan fingerprint density at radius 3 is 2.53 bits per heavy atom.